The van der Waals surface area contributed by atoms with Crippen LogP contribution in [0.5, 0.6) is 17.5 Å². The number of urea groups is 1. The van der Waals surface area contributed by atoms with Crippen molar-refractivity contribution >= 4 is 17.4 Å². The average Bonchev–Trinajstić information content (AvgIpc) is 2.65. The van der Waals surface area contributed by atoms with Crippen LogP contribution in [0, 0.1) is 0 Å². The lowest BCUT2D eigenvalue weighted by Crippen LogP contribution is -2.22. The number of hydrogen-bond donors (Lipinski definition) is 2. The van der Waals surface area contributed by atoms with Crippen molar-refractivity contribution in [3.63, 3.8) is 0 Å². The van der Waals surface area contributed by atoms with Crippen LogP contribution >= 0.6 is 0 Å². The first-order valence-corrected chi connectivity index (χ1v) is 7.87. The van der Waals surface area contributed by atoms with E-state index in [1.807, 2.05) is 6.07 Å². The number of benzene rings is 2. The molecule has 10 heteroatoms. The molecule has 0 saturated carbocycles. The summed E-state index contributed by atoms with van der Waals surface area (Å²) in [6, 6.07) is 13.3. The highest BCUT2D eigenvalue weighted by Crippen LogP contribution is 2.30. The molecule has 3 rings (SSSR count). The maximum Gasteiger partial charge on any atom is 0.573 e. The Morgan fingerprint density at radius 1 is 0.893 bits per heavy atom. The lowest BCUT2D eigenvalue weighted by atomic mass is 10.3. The number of nitrogens with zero attached hydrogens (tertiary/aromatic N) is 2. The summed E-state index contributed by atoms with van der Waals surface area (Å²) in [7, 11) is 0. The monoisotopic (exact) mass is 390 g/mol. The van der Waals surface area contributed by atoms with Crippen LogP contribution in [0.3, 0.4) is 0 Å². The van der Waals surface area contributed by atoms with E-state index in [1.165, 1.54) is 30.6 Å². The van der Waals surface area contributed by atoms with E-state index in [2.05, 4.69) is 25.3 Å². The van der Waals surface area contributed by atoms with Crippen molar-refractivity contribution in [1.82, 2.24) is 9.97 Å². The molecule has 0 fully saturated rings. The molecule has 7 nitrogen and oxygen atoms in total. The minimum Gasteiger partial charge on any atom is -0.424 e. The van der Waals surface area contributed by atoms with E-state index in [4.69, 9.17) is 4.74 Å². The van der Waals surface area contributed by atoms with E-state index in [-0.39, 0.29) is 17.4 Å². The molecular formula is C18H13F3N4O3. The summed E-state index contributed by atoms with van der Waals surface area (Å²) < 4.78 is 46.6. The third kappa shape index (κ3) is 5.59. The largest absolute Gasteiger partial charge is 0.573 e. The minimum absolute atomic E-state index is 0.0704. The van der Waals surface area contributed by atoms with E-state index in [0.717, 1.165) is 6.07 Å². The summed E-state index contributed by atoms with van der Waals surface area (Å²) in [5, 5.41) is 4.68. The van der Waals surface area contributed by atoms with Gasteiger partial charge in [-0.25, -0.2) is 14.8 Å². The van der Waals surface area contributed by atoms with Gasteiger partial charge >= 0.3 is 18.4 Å². The molecule has 28 heavy (non-hydrogen) atoms. The van der Waals surface area contributed by atoms with Gasteiger partial charge in [-0.1, -0.05) is 30.3 Å². The molecule has 2 amide bonds. The third-order valence-electron chi connectivity index (χ3n) is 3.20. The molecule has 0 radical (unpaired) electrons. The van der Waals surface area contributed by atoms with Crippen molar-refractivity contribution in [3.05, 3.63) is 67.0 Å². The van der Waals surface area contributed by atoms with Crippen molar-refractivity contribution < 1.29 is 27.4 Å². The molecule has 0 atom stereocenters. The van der Waals surface area contributed by atoms with Crippen LogP contribution in [-0.2, 0) is 0 Å². The lowest BCUT2D eigenvalue weighted by molar-refractivity contribution is -0.274. The molecule has 0 aliphatic rings. The van der Waals surface area contributed by atoms with E-state index >= 15 is 0 Å². The maximum atomic E-state index is 12.4. The normalized spacial score (nSPS) is 10.8. The predicted molar refractivity (Wildman–Crippen MR) is 94.3 cm³/mol. The van der Waals surface area contributed by atoms with Crippen molar-refractivity contribution in [2.75, 3.05) is 10.6 Å². The van der Waals surface area contributed by atoms with Crippen molar-refractivity contribution in [1.29, 1.82) is 0 Å². The molecule has 1 aromatic heterocycles. The van der Waals surface area contributed by atoms with Crippen LogP contribution in [0.15, 0.2) is 67.0 Å². The number of alkyl halides is 3. The zero-order valence-electron chi connectivity index (χ0n) is 14.1. The molecule has 2 aromatic carbocycles. The number of carbonyl (C=O) groups is 1. The molecule has 0 bridgehead atoms. The Labute approximate surface area is 157 Å². The number of aromatic nitrogens is 2. The van der Waals surface area contributed by atoms with Gasteiger partial charge in [-0.05, 0) is 24.3 Å². The number of carbonyl (C=O) groups excluding carboxylic acids is 1. The van der Waals surface area contributed by atoms with Crippen LogP contribution < -0.4 is 20.1 Å². The second kappa shape index (κ2) is 8.25. The highest BCUT2D eigenvalue weighted by Gasteiger charge is 2.32. The maximum absolute atomic E-state index is 12.4. The SMILES string of the molecule is O=C(Nc1cnc(Oc2ccccc2)nc1)Nc1ccccc1OC(F)(F)F. The van der Waals surface area contributed by atoms with Crippen LogP contribution in [0.25, 0.3) is 0 Å². The van der Waals surface area contributed by atoms with Gasteiger partial charge in [0, 0.05) is 0 Å². The first kappa shape index (κ1) is 19.0. The van der Waals surface area contributed by atoms with Gasteiger partial charge in [0.25, 0.3) is 0 Å². The van der Waals surface area contributed by atoms with Gasteiger partial charge < -0.3 is 20.1 Å². The lowest BCUT2D eigenvalue weighted by Gasteiger charge is -2.14. The smallest absolute Gasteiger partial charge is 0.424 e. The average molecular weight is 390 g/mol. The number of ether oxygens (including phenoxy) is 2. The second-order valence-corrected chi connectivity index (χ2v) is 5.29. The summed E-state index contributed by atoms with van der Waals surface area (Å²) in [5.74, 6) is 0.00947. The summed E-state index contributed by atoms with van der Waals surface area (Å²) >= 11 is 0. The third-order valence-corrected chi connectivity index (χ3v) is 3.20. The second-order valence-electron chi connectivity index (χ2n) is 5.29. The summed E-state index contributed by atoms with van der Waals surface area (Å²) in [6.45, 7) is 0. The van der Waals surface area contributed by atoms with Crippen molar-refractivity contribution in [2.45, 2.75) is 6.36 Å². The fourth-order valence-electron chi connectivity index (χ4n) is 2.10. The Morgan fingerprint density at radius 3 is 2.21 bits per heavy atom. The zero-order chi connectivity index (χ0) is 20.0. The van der Waals surface area contributed by atoms with Gasteiger partial charge in [0.15, 0.2) is 5.75 Å². The number of para-hydroxylation sites is 3. The summed E-state index contributed by atoms with van der Waals surface area (Å²) in [5.41, 5.74) is 0.0643. The number of hydrogen-bond acceptors (Lipinski definition) is 5. The number of rotatable bonds is 5. The van der Waals surface area contributed by atoms with E-state index in [1.54, 1.807) is 24.3 Å². The van der Waals surface area contributed by atoms with Crippen molar-refractivity contribution in [2.24, 2.45) is 0 Å². The van der Waals surface area contributed by atoms with Gasteiger partial charge in [0.05, 0.1) is 23.8 Å². The van der Waals surface area contributed by atoms with Crippen molar-refractivity contribution in [3.8, 4) is 17.5 Å². The first-order valence-electron chi connectivity index (χ1n) is 7.87. The highest BCUT2D eigenvalue weighted by molar-refractivity contribution is 6.00. The molecule has 0 aliphatic carbocycles. The molecular weight excluding hydrogens is 377 g/mol. The zero-order valence-corrected chi connectivity index (χ0v) is 14.1. The minimum atomic E-state index is -4.88. The van der Waals surface area contributed by atoms with E-state index in [9.17, 15) is 18.0 Å². The number of halogens is 3. The van der Waals surface area contributed by atoms with Crippen LogP contribution in [0.4, 0.5) is 29.3 Å². The van der Waals surface area contributed by atoms with Gasteiger partial charge in [-0.3, -0.25) is 0 Å². The van der Waals surface area contributed by atoms with Crippen LogP contribution in [0.1, 0.15) is 0 Å². The Kier molecular flexibility index (Phi) is 5.58. The Hall–Kier alpha value is -3.82. The number of nitrogens with one attached hydrogen (secondary N) is 2. The number of amides is 2. The molecule has 144 valence electrons. The summed E-state index contributed by atoms with van der Waals surface area (Å²) in [4.78, 5) is 19.9. The topological polar surface area (TPSA) is 85.4 Å². The molecule has 0 saturated heterocycles. The molecule has 0 aliphatic heterocycles. The first-order chi connectivity index (χ1) is 13.4. The van der Waals surface area contributed by atoms with Gasteiger partial charge in [-0.15, -0.1) is 13.2 Å². The van der Waals surface area contributed by atoms with Crippen LogP contribution in [0.2, 0.25) is 0 Å². The highest BCUT2D eigenvalue weighted by atomic mass is 19.4. The fraction of sp³-hybridized carbons (Fsp3) is 0.0556. The Morgan fingerprint density at radius 2 is 1.54 bits per heavy atom. The molecule has 0 spiro atoms. The Balaban J connectivity index is 1.61. The van der Waals surface area contributed by atoms with E-state index < -0.39 is 18.1 Å². The number of anilines is 2. The fourth-order valence-corrected chi connectivity index (χ4v) is 2.10. The molecule has 3 aromatic rings. The quantitative estimate of drug-likeness (QED) is 0.653. The molecule has 0 unspecified atom stereocenters. The molecule has 1 heterocycles. The van der Waals surface area contributed by atoms with Gasteiger partial charge in [-0.2, -0.15) is 0 Å². The van der Waals surface area contributed by atoms with Gasteiger partial charge in [0.1, 0.15) is 5.75 Å². The Bertz CT molecular complexity index is 935. The standard InChI is InChI=1S/C18H13F3N4O3/c19-18(20,21)28-15-9-5-4-8-14(15)25-16(26)24-12-10-22-17(23-11-12)27-13-6-2-1-3-7-13/h1-11H,(H2,24,25,26). The van der Waals surface area contributed by atoms with Gasteiger partial charge in [0.2, 0.25) is 0 Å². The molecule has 2 N–H and O–H groups in total. The van der Waals surface area contributed by atoms with E-state index in [0.29, 0.717) is 5.75 Å². The summed E-state index contributed by atoms with van der Waals surface area (Å²) in [6.07, 6.45) is -2.29. The predicted octanol–water partition coefficient (Wildman–Crippen LogP) is 4.81. The van der Waals surface area contributed by atoms with Crippen LogP contribution in [-0.4, -0.2) is 22.4 Å².